The maximum Gasteiger partial charge on any atom is 0.266 e. The Morgan fingerprint density at radius 2 is 2.13 bits per heavy atom. The first kappa shape index (κ1) is 9.91. The lowest BCUT2D eigenvalue weighted by atomic mass is 10.3. The summed E-state index contributed by atoms with van der Waals surface area (Å²) in [7, 11) is -2.31. The van der Waals surface area contributed by atoms with E-state index >= 15 is 0 Å². The van der Waals surface area contributed by atoms with Gasteiger partial charge in [-0.1, -0.05) is 6.07 Å². The summed E-state index contributed by atoms with van der Waals surface area (Å²) in [4.78, 5) is 3.52. The van der Waals surface area contributed by atoms with Crippen LogP contribution in [0.3, 0.4) is 0 Å². The molecule has 0 aliphatic carbocycles. The zero-order valence-corrected chi connectivity index (χ0v) is 8.60. The molecule has 0 aromatic heterocycles. The predicted molar refractivity (Wildman–Crippen MR) is 53.7 cm³/mol. The van der Waals surface area contributed by atoms with Gasteiger partial charge in [-0.25, -0.2) is 17.5 Å². The van der Waals surface area contributed by atoms with Gasteiger partial charge in [0, 0.05) is 7.05 Å². The van der Waals surface area contributed by atoms with Crippen LogP contribution in [-0.4, -0.2) is 21.4 Å². The second kappa shape index (κ2) is 3.20. The lowest BCUT2D eigenvalue weighted by molar-refractivity contribution is 0.587. The molecule has 0 saturated heterocycles. The lowest BCUT2D eigenvalue weighted by Crippen LogP contribution is -2.41. The Balaban J connectivity index is 2.71. The SMILES string of the molecule is CN=C1Nc2c(F)cccc2S(=O)(=O)N1. The second-order valence-corrected chi connectivity index (χ2v) is 4.57. The van der Waals surface area contributed by atoms with Crippen molar-refractivity contribution in [2.24, 2.45) is 4.99 Å². The minimum Gasteiger partial charge on any atom is -0.322 e. The third-order valence-electron chi connectivity index (χ3n) is 1.96. The van der Waals surface area contributed by atoms with Crippen LogP contribution in [0.2, 0.25) is 0 Å². The Hall–Kier alpha value is -1.63. The van der Waals surface area contributed by atoms with E-state index in [1.54, 1.807) is 0 Å². The van der Waals surface area contributed by atoms with Crippen molar-refractivity contribution in [3.63, 3.8) is 0 Å². The molecule has 1 aromatic rings. The van der Waals surface area contributed by atoms with Crippen LogP contribution in [0.5, 0.6) is 0 Å². The minimum absolute atomic E-state index is 0.00704. The van der Waals surface area contributed by atoms with Gasteiger partial charge in [0.1, 0.15) is 10.7 Å². The summed E-state index contributed by atoms with van der Waals surface area (Å²) in [6.45, 7) is 0. The average molecular weight is 229 g/mol. The topological polar surface area (TPSA) is 70.6 Å². The van der Waals surface area contributed by atoms with E-state index in [-0.39, 0.29) is 16.5 Å². The Kier molecular flexibility index (Phi) is 2.11. The number of sulfonamides is 1. The van der Waals surface area contributed by atoms with E-state index in [0.717, 1.165) is 0 Å². The molecule has 7 heteroatoms. The van der Waals surface area contributed by atoms with Crippen molar-refractivity contribution in [3.8, 4) is 0 Å². The second-order valence-electron chi connectivity index (χ2n) is 2.92. The molecule has 0 atom stereocenters. The molecule has 2 N–H and O–H groups in total. The molecule has 0 saturated carbocycles. The largest absolute Gasteiger partial charge is 0.322 e. The Morgan fingerprint density at radius 1 is 1.40 bits per heavy atom. The molecule has 2 rings (SSSR count). The van der Waals surface area contributed by atoms with Gasteiger partial charge in [0.05, 0.1) is 5.69 Å². The summed E-state index contributed by atoms with van der Waals surface area (Å²) in [6.07, 6.45) is 0. The van der Waals surface area contributed by atoms with E-state index in [2.05, 4.69) is 15.0 Å². The first-order chi connectivity index (χ1) is 7.04. The van der Waals surface area contributed by atoms with Crippen LogP contribution >= 0.6 is 0 Å². The fourth-order valence-electron chi connectivity index (χ4n) is 1.28. The maximum atomic E-state index is 13.3. The molecule has 5 nitrogen and oxygen atoms in total. The number of hydrogen-bond donors (Lipinski definition) is 2. The highest BCUT2D eigenvalue weighted by Gasteiger charge is 2.28. The molecule has 0 fully saturated rings. The van der Waals surface area contributed by atoms with E-state index in [0.29, 0.717) is 0 Å². The number of guanidine groups is 1. The van der Waals surface area contributed by atoms with Crippen LogP contribution in [0.25, 0.3) is 0 Å². The summed E-state index contributed by atoms with van der Waals surface area (Å²) >= 11 is 0. The number of halogens is 1. The molecule has 1 aliphatic heterocycles. The summed E-state index contributed by atoms with van der Waals surface area (Å²) in [5.74, 6) is -0.619. The predicted octanol–water partition coefficient (Wildman–Crippen LogP) is 0.515. The van der Waals surface area contributed by atoms with Gasteiger partial charge in [-0.15, -0.1) is 0 Å². The number of nitrogens with one attached hydrogen (secondary N) is 2. The minimum atomic E-state index is -3.71. The van der Waals surface area contributed by atoms with E-state index < -0.39 is 15.8 Å². The Labute approximate surface area is 86.1 Å². The van der Waals surface area contributed by atoms with Crippen molar-refractivity contribution in [1.82, 2.24) is 4.72 Å². The molecule has 1 aliphatic rings. The highest BCUT2D eigenvalue weighted by atomic mass is 32.2. The zero-order chi connectivity index (χ0) is 11.1. The Morgan fingerprint density at radius 3 is 2.80 bits per heavy atom. The quantitative estimate of drug-likeness (QED) is 0.681. The number of para-hydroxylation sites is 1. The van der Waals surface area contributed by atoms with Gasteiger partial charge < -0.3 is 5.32 Å². The van der Waals surface area contributed by atoms with Crippen molar-refractivity contribution in [3.05, 3.63) is 24.0 Å². The molecule has 1 aromatic carbocycles. The van der Waals surface area contributed by atoms with E-state index in [9.17, 15) is 12.8 Å². The standard InChI is InChI=1S/C8H8FN3O2S/c1-10-8-11-7-5(9)3-2-4-6(7)15(13,14)12-8/h2-4H,1H3,(H2,10,11,12). The van der Waals surface area contributed by atoms with Crippen molar-refractivity contribution in [1.29, 1.82) is 0 Å². The molecule has 0 radical (unpaired) electrons. The van der Waals surface area contributed by atoms with Crippen LogP contribution in [0.4, 0.5) is 10.1 Å². The van der Waals surface area contributed by atoms with Gasteiger partial charge >= 0.3 is 0 Å². The van der Waals surface area contributed by atoms with E-state index in [4.69, 9.17) is 0 Å². The number of aliphatic imine (C=N–C) groups is 1. The summed E-state index contributed by atoms with van der Waals surface area (Å²) in [6, 6.07) is 3.84. The molecule has 0 bridgehead atoms. The Bertz CT molecular complexity index is 539. The monoisotopic (exact) mass is 229 g/mol. The van der Waals surface area contributed by atoms with Crippen LogP contribution in [0, 0.1) is 5.82 Å². The van der Waals surface area contributed by atoms with Gasteiger partial charge in [0.15, 0.2) is 0 Å². The fourth-order valence-corrected chi connectivity index (χ4v) is 2.46. The number of hydrogen-bond acceptors (Lipinski definition) is 3. The zero-order valence-electron chi connectivity index (χ0n) is 7.78. The van der Waals surface area contributed by atoms with Crippen LogP contribution in [0.1, 0.15) is 0 Å². The number of fused-ring (bicyclic) bond motifs is 1. The summed E-state index contributed by atoms with van der Waals surface area (Å²) in [5.41, 5.74) is -0.0724. The third-order valence-corrected chi connectivity index (χ3v) is 3.34. The molecule has 80 valence electrons. The molecular weight excluding hydrogens is 221 g/mol. The average Bonchev–Trinajstić information content (AvgIpc) is 2.18. The van der Waals surface area contributed by atoms with Gasteiger partial charge in [-0.2, -0.15) is 0 Å². The number of benzene rings is 1. The fraction of sp³-hybridized carbons (Fsp3) is 0.125. The van der Waals surface area contributed by atoms with Gasteiger partial charge in [0.25, 0.3) is 10.0 Å². The van der Waals surface area contributed by atoms with Crippen LogP contribution in [-0.2, 0) is 10.0 Å². The summed E-state index contributed by atoms with van der Waals surface area (Å²) in [5, 5.41) is 2.56. The van der Waals surface area contributed by atoms with E-state index in [1.807, 2.05) is 0 Å². The maximum absolute atomic E-state index is 13.3. The lowest BCUT2D eigenvalue weighted by Gasteiger charge is -2.21. The van der Waals surface area contributed by atoms with Gasteiger partial charge in [-0.3, -0.25) is 4.99 Å². The van der Waals surface area contributed by atoms with Gasteiger partial charge in [0.2, 0.25) is 5.96 Å². The highest BCUT2D eigenvalue weighted by molar-refractivity contribution is 7.90. The first-order valence-electron chi connectivity index (χ1n) is 4.10. The molecular formula is C8H8FN3O2S. The van der Waals surface area contributed by atoms with Crippen molar-refractivity contribution < 1.29 is 12.8 Å². The number of rotatable bonds is 0. The molecule has 1 heterocycles. The van der Waals surface area contributed by atoms with Crippen LogP contribution in [0.15, 0.2) is 28.1 Å². The highest BCUT2D eigenvalue weighted by Crippen LogP contribution is 2.26. The van der Waals surface area contributed by atoms with E-state index in [1.165, 1.54) is 25.2 Å². The summed E-state index contributed by atoms with van der Waals surface area (Å²) < 4.78 is 38.7. The number of nitrogens with zero attached hydrogens (tertiary/aromatic N) is 1. The van der Waals surface area contributed by atoms with Crippen molar-refractivity contribution >= 4 is 21.7 Å². The molecule has 15 heavy (non-hydrogen) atoms. The van der Waals surface area contributed by atoms with Crippen molar-refractivity contribution in [2.75, 3.05) is 12.4 Å². The third kappa shape index (κ3) is 1.54. The van der Waals surface area contributed by atoms with Crippen molar-refractivity contribution in [2.45, 2.75) is 4.90 Å². The molecule has 0 spiro atoms. The smallest absolute Gasteiger partial charge is 0.266 e. The normalized spacial score (nSPS) is 20.3. The first-order valence-corrected chi connectivity index (χ1v) is 5.58. The number of anilines is 1. The molecule has 0 amide bonds. The van der Waals surface area contributed by atoms with Gasteiger partial charge in [-0.05, 0) is 12.1 Å². The van der Waals surface area contributed by atoms with Crippen LogP contribution < -0.4 is 10.0 Å². The molecule has 0 unspecified atom stereocenters.